The van der Waals surface area contributed by atoms with Crippen LogP contribution in [0.1, 0.15) is 45.0 Å². The van der Waals surface area contributed by atoms with E-state index in [1.165, 1.54) is 0 Å². The number of aliphatic hydroxyl groups is 1. The third-order valence-electron chi connectivity index (χ3n) is 7.06. The summed E-state index contributed by atoms with van der Waals surface area (Å²) in [5.74, 6) is 0.0763. The molecule has 2 aliphatic heterocycles. The Hall–Kier alpha value is -2.95. The van der Waals surface area contributed by atoms with Crippen molar-refractivity contribution in [1.82, 2.24) is 26.1 Å². The minimum Gasteiger partial charge on any atom is -0.382 e. The Morgan fingerprint density at radius 2 is 2.05 bits per heavy atom. The first-order valence-corrected chi connectivity index (χ1v) is 15.1. The number of halogens is 4. The number of alkyl halides is 4. The van der Waals surface area contributed by atoms with Gasteiger partial charge in [0.1, 0.15) is 17.8 Å². The summed E-state index contributed by atoms with van der Waals surface area (Å²) >= 11 is 0.832. The van der Waals surface area contributed by atoms with Crippen LogP contribution in [0.4, 0.5) is 28.0 Å². The number of nitrogens with zero attached hydrogens (tertiary/aromatic N) is 2. The monoisotopic (exact) mass is 630 g/mol. The predicted molar refractivity (Wildman–Crippen MR) is 150 cm³/mol. The largest absolute Gasteiger partial charge is 0.446 e. The van der Waals surface area contributed by atoms with Crippen molar-refractivity contribution in [2.75, 3.05) is 25.0 Å². The van der Waals surface area contributed by atoms with E-state index in [-0.39, 0.29) is 58.0 Å². The molecule has 5 N–H and O–H groups in total. The number of hydrogen-bond donors (Lipinski definition) is 5. The van der Waals surface area contributed by atoms with Crippen LogP contribution in [0, 0.1) is 5.92 Å². The molecule has 228 valence electrons. The van der Waals surface area contributed by atoms with Crippen molar-refractivity contribution in [3.8, 4) is 10.7 Å². The first-order valence-electron chi connectivity index (χ1n) is 13.4. The Kier molecular flexibility index (Phi) is 8.70. The van der Waals surface area contributed by atoms with Crippen LogP contribution >= 0.6 is 23.1 Å². The fourth-order valence-corrected chi connectivity index (χ4v) is 6.84. The van der Waals surface area contributed by atoms with E-state index in [0.29, 0.717) is 41.6 Å². The summed E-state index contributed by atoms with van der Waals surface area (Å²) in [6.45, 7) is 4.73. The van der Waals surface area contributed by atoms with E-state index in [1.807, 2.05) is 13.8 Å². The number of fused-ring (bicyclic) bond motifs is 1. The molecule has 1 aliphatic carbocycles. The molecule has 3 unspecified atom stereocenters. The fourth-order valence-electron chi connectivity index (χ4n) is 4.73. The van der Waals surface area contributed by atoms with Gasteiger partial charge >= 0.3 is 11.5 Å². The zero-order valence-electron chi connectivity index (χ0n) is 22.7. The summed E-state index contributed by atoms with van der Waals surface area (Å²) in [6, 6.07) is 3.54. The molecule has 3 atom stereocenters. The third kappa shape index (κ3) is 6.82. The number of thioether (sulfide) groups is 1. The lowest BCUT2D eigenvalue weighted by atomic mass is 10.0. The maximum Gasteiger partial charge on any atom is 0.446 e. The van der Waals surface area contributed by atoms with Gasteiger partial charge < -0.3 is 30.9 Å². The Morgan fingerprint density at radius 3 is 2.64 bits per heavy atom. The van der Waals surface area contributed by atoms with Crippen LogP contribution in [-0.2, 0) is 4.79 Å². The number of rotatable bonds is 7. The topological polar surface area (TPSA) is 141 Å². The number of hydrogen-bond acceptors (Lipinski definition) is 10. The summed E-state index contributed by atoms with van der Waals surface area (Å²) in [7, 11) is 0. The van der Waals surface area contributed by atoms with Gasteiger partial charge in [-0.25, -0.2) is 9.18 Å². The molecule has 16 heteroatoms. The van der Waals surface area contributed by atoms with E-state index in [4.69, 9.17) is 4.52 Å². The number of thiophene rings is 1. The summed E-state index contributed by atoms with van der Waals surface area (Å²) in [5.41, 5.74) is -4.90. The number of nitrogens with one attached hydrogen (secondary N) is 4. The molecule has 3 aliphatic rings. The quantitative estimate of drug-likeness (QED) is 0.185. The average Bonchev–Trinajstić information content (AvgIpc) is 3.27. The Morgan fingerprint density at radius 1 is 1.29 bits per heavy atom. The first kappa shape index (κ1) is 30.5. The molecule has 2 aromatic heterocycles. The van der Waals surface area contributed by atoms with Crippen molar-refractivity contribution < 1.29 is 36.8 Å². The molecule has 3 aromatic rings. The second-order valence-electron chi connectivity index (χ2n) is 10.7. The van der Waals surface area contributed by atoms with Crippen molar-refractivity contribution >= 4 is 50.7 Å². The number of carbonyl (C=O) groups is 2. The third-order valence-corrected chi connectivity index (χ3v) is 9.28. The highest BCUT2D eigenvalue weighted by Crippen LogP contribution is 2.50. The van der Waals surface area contributed by atoms with Crippen molar-refractivity contribution in [1.29, 1.82) is 0 Å². The number of amides is 2. The number of aromatic nitrogens is 2. The molecule has 10 nitrogen and oxygen atoms in total. The second kappa shape index (κ2) is 12.0. The molecule has 42 heavy (non-hydrogen) atoms. The van der Waals surface area contributed by atoms with Crippen LogP contribution in [-0.4, -0.2) is 70.0 Å². The summed E-state index contributed by atoms with van der Waals surface area (Å²) in [6.07, 6.45) is 0.774. The number of anilines is 1. The summed E-state index contributed by atoms with van der Waals surface area (Å²) in [5, 5.41) is 24.8. The maximum atomic E-state index is 14.3. The fraction of sp³-hybridized carbons (Fsp3) is 0.538. The highest BCUT2D eigenvalue weighted by molar-refractivity contribution is 8.00. The Bertz CT molecular complexity index is 1460. The van der Waals surface area contributed by atoms with Crippen molar-refractivity contribution in [3.63, 3.8) is 0 Å². The average molecular weight is 631 g/mol. The molecule has 0 spiro atoms. The molecule has 6 rings (SSSR count). The van der Waals surface area contributed by atoms with Crippen molar-refractivity contribution in [2.24, 2.45) is 5.92 Å². The number of benzene rings is 1. The van der Waals surface area contributed by atoms with Gasteiger partial charge in [-0.3, -0.25) is 4.79 Å². The zero-order chi connectivity index (χ0) is 30.2. The molecule has 4 heterocycles. The summed E-state index contributed by atoms with van der Waals surface area (Å²) in [4.78, 5) is 26.7. The Balaban J connectivity index is 0.000000336. The van der Waals surface area contributed by atoms with Gasteiger partial charge in [-0.15, -0.1) is 11.3 Å². The number of carbonyl (C=O) groups excluding carboxylic acids is 2. The van der Waals surface area contributed by atoms with Crippen LogP contribution in [0.25, 0.3) is 20.8 Å². The molecule has 3 fully saturated rings. The van der Waals surface area contributed by atoms with E-state index in [9.17, 15) is 32.3 Å². The van der Waals surface area contributed by atoms with Gasteiger partial charge in [0.25, 0.3) is 5.89 Å². The van der Waals surface area contributed by atoms with Gasteiger partial charge in [-0.2, -0.15) is 18.2 Å². The van der Waals surface area contributed by atoms with Crippen LogP contribution in [0.2, 0.25) is 0 Å². The van der Waals surface area contributed by atoms with Crippen LogP contribution in [0.15, 0.2) is 27.6 Å². The summed E-state index contributed by atoms with van der Waals surface area (Å²) < 4.78 is 60.4. The normalized spacial score (nSPS) is 23.2. The van der Waals surface area contributed by atoms with Gasteiger partial charge in [0, 0.05) is 29.3 Å². The van der Waals surface area contributed by atoms with Crippen molar-refractivity contribution in [2.45, 2.75) is 67.4 Å². The highest BCUT2D eigenvalue weighted by Gasteiger charge is 2.48. The first-order chi connectivity index (χ1) is 19.8. The zero-order valence-corrected chi connectivity index (χ0v) is 24.3. The van der Waals surface area contributed by atoms with E-state index < -0.39 is 35.4 Å². The smallest absolute Gasteiger partial charge is 0.382 e. The van der Waals surface area contributed by atoms with E-state index in [1.54, 1.807) is 18.2 Å². The number of piperidine rings is 1. The van der Waals surface area contributed by atoms with Gasteiger partial charge in [0.15, 0.2) is 5.78 Å². The number of Topliss-reactive ketones (excluding diaryl/α,β-unsaturated/α-hetero) is 1. The predicted octanol–water partition coefficient (Wildman–Crippen LogP) is 4.77. The highest BCUT2D eigenvalue weighted by atomic mass is 32.2. The van der Waals surface area contributed by atoms with Crippen LogP contribution in [0.3, 0.4) is 0 Å². The lowest BCUT2D eigenvalue weighted by Crippen LogP contribution is -2.45. The molecule has 2 saturated heterocycles. The standard InChI is InChI=1S/C19H18F4N6O2S2.C7H12O2/c20-9-6-24-5-4-10(9)26-11-3-1-2-8-13(11)32-15(14(8)33-19(21,22)23)16-28-17(31-29-16)12-7-25-18(30)27-12;1-5(2)6(8)7(9)3-4-7/h1-3,9-10,12,24,26H,4-7H2,(H2,25,27,30);5,9H,3-4H2,1-2H3. The molecular formula is C26H30F4N6O4S2. The molecule has 0 bridgehead atoms. The van der Waals surface area contributed by atoms with E-state index in [2.05, 4.69) is 31.4 Å². The molecular weight excluding hydrogens is 600 g/mol. The maximum absolute atomic E-state index is 14.3. The van der Waals surface area contributed by atoms with E-state index >= 15 is 0 Å². The molecule has 1 aromatic carbocycles. The SMILES string of the molecule is CC(C)C(=O)C1(O)CC1.O=C1NCC(c2nc(-c3sc4c(NC5CCNCC5F)cccc4c3SC(F)(F)F)no2)N1. The molecule has 1 saturated carbocycles. The Labute approximate surface area is 246 Å². The van der Waals surface area contributed by atoms with Gasteiger partial charge in [-0.1, -0.05) is 31.1 Å². The minimum absolute atomic E-state index is 0.00231. The number of ketones is 1. The number of urea groups is 1. The molecule has 2 amide bonds. The van der Waals surface area contributed by atoms with E-state index in [0.717, 1.165) is 11.3 Å². The second-order valence-corrected chi connectivity index (χ2v) is 12.8. The van der Waals surface area contributed by atoms with Gasteiger partial charge in [0.05, 0.1) is 21.3 Å². The van der Waals surface area contributed by atoms with Crippen LogP contribution < -0.4 is 21.3 Å². The van der Waals surface area contributed by atoms with Crippen molar-refractivity contribution in [3.05, 3.63) is 24.1 Å². The van der Waals surface area contributed by atoms with Crippen LogP contribution in [0.5, 0.6) is 0 Å². The minimum atomic E-state index is -4.54. The lowest BCUT2D eigenvalue weighted by molar-refractivity contribution is -0.132. The van der Waals surface area contributed by atoms with Gasteiger partial charge in [0.2, 0.25) is 5.82 Å². The lowest BCUT2D eigenvalue weighted by Gasteiger charge is -2.28. The molecule has 0 radical (unpaired) electrons. The van der Waals surface area contributed by atoms with Gasteiger partial charge in [-0.05, 0) is 43.6 Å².